The summed E-state index contributed by atoms with van der Waals surface area (Å²) in [5, 5.41) is 17.4. The van der Waals surface area contributed by atoms with Crippen molar-refractivity contribution in [1.82, 2.24) is 0 Å². The molecule has 5 nitrogen and oxygen atoms in total. The number of nitriles is 1. The first-order valence-electron chi connectivity index (χ1n) is 5.89. The van der Waals surface area contributed by atoms with E-state index < -0.39 is 6.10 Å². The summed E-state index contributed by atoms with van der Waals surface area (Å²) in [5.41, 5.74) is 3.73. The Morgan fingerprint density at radius 2 is 1.80 bits per heavy atom. The lowest BCUT2D eigenvalue weighted by Gasteiger charge is -2.14. The van der Waals surface area contributed by atoms with E-state index in [0.29, 0.717) is 28.8 Å². The highest BCUT2D eigenvalue weighted by molar-refractivity contribution is 5.61. The molecule has 2 N–H and O–H groups in total. The van der Waals surface area contributed by atoms with Gasteiger partial charge >= 0.3 is 0 Å². The van der Waals surface area contributed by atoms with Gasteiger partial charge < -0.3 is 4.74 Å². The van der Waals surface area contributed by atoms with E-state index in [1.807, 2.05) is 11.5 Å². The van der Waals surface area contributed by atoms with Crippen LogP contribution in [0, 0.1) is 11.3 Å². The van der Waals surface area contributed by atoms with Crippen molar-refractivity contribution in [2.24, 2.45) is 0 Å². The van der Waals surface area contributed by atoms with Gasteiger partial charge in [-0.2, -0.15) is 5.26 Å². The van der Waals surface area contributed by atoms with Crippen LogP contribution in [0.5, 0.6) is 5.75 Å². The SMILES string of the molecule is N#Cc1ccc(OC(C=O)c2ccc(NO)cc2)cc1. The van der Waals surface area contributed by atoms with Gasteiger partial charge in [-0.25, -0.2) is 0 Å². The molecule has 2 aromatic carbocycles. The highest BCUT2D eigenvalue weighted by Gasteiger charge is 2.12. The minimum Gasteiger partial charge on any atom is -0.478 e. The van der Waals surface area contributed by atoms with Crippen molar-refractivity contribution in [1.29, 1.82) is 5.26 Å². The second-order valence-corrected chi connectivity index (χ2v) is 4.04. The Morgan fingerprint density at radius 1 is 1.15 bits per heavy atom. The fourth-order valence-electron chi connectivity index (χ4n) is 1.68. The van der Waals surface area contributed by atoms with Gasteiger partial charge in [0.05, 0.1) is 17.3 Å². The zero-order chi connectivity index (χ0) is 14.4. The van der Waals surface area contributed by atoms with Crippen LogP contribution in [0.3, 0.4) is 0 Å². The van der Waals surface area contributed by atoms with Crippen LogP contribution < -0.4 is 10.2 Å². The average molecular weight is 268 g/mol. The quantitative estimate of drug-likeness (QED) is 0.643. The Kier molecular flexibility index (Phi) is 4.32. The average Bonchev–Trinajstić information content (AvgIpc) is 2.53. The maximum Gasteiger partial charge on any atom is 0.179 e. The number of nitrogens with zero attached hydrogens (tertiary/aromatic N) is 1. The molecule has 0 radical (unpaired) electrons. The Labute approximate surface area is 116 Å². The van der Waals surface area contributed by atoms with Gasteiger partial charge in [0.2, 0.25) is 0 Å². The van der Waals surface area contributed by atoms with Gasteiger partial charge in [0, 0.05) is 0 Å². The van der Waals surface area contributed by atoms with Crippen LogP contribution in [0.4, 0.5) is 5.69 Å². The molecule has 1 unspecified atom stereocenters. The maximum atomic E-state index is 11.1. The second kappa shape index (κ2) is 6.36. The molecule has 0 spiro atoms. The molecule has 5 heteroatoms. The fourth-order valence-corrected chi connectivity index (χ4v) is 1.68. The van der Waals surface area contributed by atoms with Gasteiger partial charge in [0.15, 0.2) is 12.4 Å². The lowest BCUT2D eigenvalue weighted by molar-refractivity contribution is -0.113. The monoisotopic (exact) mass is 268 g/mol. The first kappa shape index (κ1) is 13.6. The highest BCUT2D eigenvalue weighted by atomic mass is 16.5. The molecule has 1 atom stereocenters. The van der Waals surface area contributed by atoms with Gasteiger partial charge in [-0.05, 0) is 42.0 Å². The molecular formula is C15H12N2O3. The van der Waals surface area contributed by atoms with Crippen molar-refractivity contribution in [3.05, 3.63) is 59.7 Å². The summed E-state index contributed by atoms with van der Waals surface area (Å²) in [6, 6.07) is 15.2. The molecule has 0 aliphatic heterocycles. The van der Waals surface area contributed by atoms with Crippen molar-refractivity contribution >= 4 is 12.0 Å². The first-order chi connectivity index (χ1) is 9.76. The highest BCUT2D eigenvalue weighted by Crippen LogP contribution is 2.22. The minimum absolute atomic E-state index is 0.505. The number of hydrogen-bond donors (Lipinski definition) is 2. The van der Waals surface area contributed by atoms with Crippen LogP contribution in [-0.4, -0.2) is 11.5 Å². The van der Waals surface area contributed by atoms with Gasteiger partial charge in [0.25, 0.3) is 0 Å². The summed E-state index contributed by atoms with van der Waals surface area (Å²) in [5.74, 6) is 0.505. The summed E-state index contributed by atoms with van der Waals surface area (Å²) in [7, 11) is 0. The van der Waals surface area contributed by atoms with Gasteiger partial charge in [-0.3, -0.25) is 15.5 Å². The van der Waals surface area contributed by atoms with Crippen molar-refractivity contribution < 1.29 is 14.7 Å². The molecule has 0 amide bonds. The van der Waals surface area contributed by atoms with Crippen LogP contribution >= 0.6 is 0 Å². The van der Waals surface area contributed by atoms with E-state index in [2.05, 4.69) is 0 Å². The summed E-state index contributed by atoms with van der Waals surface area (Å²) in [6.45, 7) is 0. The third-order valence-electron chi connectivity index (χ3n) is 2.74. The van der Waals surface area contributed by atoms with E-state index in [9.17, 15) is 4.79 Å². The number of hydrogen-bond acceptors (Lipinski definition) is 5. The standard InChI is InChI=1S/C15H12N2O3/c16-9-11-1-7-14(8-2-11)20-15(10-18)12-3-5-13(17-19)6-4-12/h1-8,10,15,17,19H. The normalized spacial score (nSPS) is 11.2. The number of ether oxygens (including phenoxy) is 1. The molecule has 0 saturated heterocycles. The zero-order valence-corrected chi connectivity index (χ0v) is 10.5. The van der Waals surface area contributed by atoms with Crippen LogP contribution in [0.15, 0.2) is 48.5 Å². The number of benzene rings is 2. The molecule has 100 valence electrons. The van der Waals surface area contributed by atoms with Gasteiger partial charge in [-0.1, -0.05) is 12.1 Å². The molecule has 0 aromatic heterocycles. The van der Waals surface area contributed by atoms with Crippen molar-refractivity contribution in [3.8, 4) is 11.8 Å². The van der Waals surface area contributed by atoms with Gasteiger partial charge in [-0.15, -0.1) is 0 Å². The predicted molar refractivity (Wildman–Crippen MR) is 72.4 cm³/mol. The van der Waals surface area contributed by atoms with Crippen LogP contribution in [0.1, 0.15) is 17.2 Å². The summed E-state index contributed by atoms with van der Waals surface area (Å²) >= 11 is 0. The van der Waals surface area contributed by atoms with Crippen LogP contribution in [-0.2, 0) is 4.79 Å². The van der Waals surface area contributed by atoms with E-state index >= 15 is 0 Å². The molecular weight excluding hydrogens is 256 g/mol. The Morgan fingerprint density at radius 3 is 2.30 bits per heavy atom. The Balaban J connectivity index is 2.15. The van der Waals surface area contributed by atoms with Crippen molar-refractivity contribution in [3.63, 3.8) is 0 Å². The topological polar surface area (TPSA) is 82.3 Å². The summed E-state index contributed by atoms with van der Waals surface area (Å²) in [4.78, 5) is 11.1. The largest absolute Gasteiger partial charge is 0.478 e. The smallest absolute Gasteiger partial charge is 0.179 e. The lowest BCUT2D eigenvalue weighted by atomic mass is 10.1. The molecule has 0 aliphatic rings. The zero-order valence-electron chi connectivity index (χ0n) is 10.5. The molecule has 20 heavy (non-hydrogen) atoms. The number of carbonyl (C=O) groups is 1. The molecule has 0 heterocycles. The molecule has 0 aliphatic carbocycles. The number of aldehydes is 1. The Hall–Kier alpha value is -2.84. The molecule has 0 saturated carbocycles. The summed E-state index contributed by atoms with van der Waals surface area (Å²) < 4.78 is 5.56. The number of anilines is 1. The van der Waals surface area contributed by atoms with Crippen molar-refractivity contribution in [2.75, 3.05) is 5.48 Å². The van der Waals surface area contributed by atoms with Crippen LogP contribution in [0.25, 0.3) is 0 Å². The third kappa shape index (κ3) is 3.13. The molecule has 0 fully saturated rings. The third-order valence-corrected chi connectivity index (χ3v) is 2.74. The number of nitrogens with one attached hydrogen (secondary N) is 1. The fraction of sp³-hybridized carbons (Fsp3) is 0.0667. The Bertz CT molecular complexity index is 615. The molecule has 2 rings (SSSR count). The first-order valence-corrected chi connectivity index (χ1v) is 5.89. The maximum absolute atomic E-state index is 11.1. The van der Waals surface area contributed by atoms with Crippen molar-refractivity contribution in [2.45, 2.75) is 6.10 Å². The van der Waals surface area contributed by atoms with E-state index in [1.54, 1.807) is 48.5 Å². The lowest BCUT2D eigenvalue weighted by Crippen LogP contribution is -2.09. The van der Waals surface area contributed by atoms with E-state index in [-0.39, 0.29) is 0 Å². The summed E-state index contributed by atoms with van der Waals surface area (Å²) in [6.07, 6.45) is -0.0461. The minimum atomic E-state index is -0.740. The van der Waals surface area contributed by atoms with E-state index in [1.165, 1.54) is 0 Å². The predicted octanol–water partition coefficient (Wildman–Crippen LogP) is 2.68. The second-order valence-electron chi connectivity index (χ2n) is 4.04. The number of carbonyl (C=O) groups excluding carboxylic acids is 1. The molecule has 2 aromatic rings. The number of rotatable bonds is 5. The van der Waals surface area contributed by atoms with E-state index in [4.69, 9.17) is 15.2 Å². The van der Waals surface area contributed by atoms with Crippen LogP contribution in [0.2, 0.25) is 0 Å². The van der Waals surface area contributed by atoms with E-state index in [0.717, 1.165) is 0 Å². The molecule has 0 bridgehead atoms. The van der Waals surface area contributed by atoms with Gasteiger partial charge in [0.1, 0.15) is 5.75 Å².